The van der Waals surface area contributed by atoms with Crippen molar-refractivity contribution >= 4 is 11.8 Å². The van der Waals surface area contributed by atoms with Crippen LogP contribution >= 0.6 is 0 Å². The Morgan fingerprint density at radius 2 is 1.92 bits per heavy atom. The van der Waals surface area contributed by atoms with Crippen LogP contribution in [0.4, 0.5) is 0 Å². The molecule has 1 heterocycles. The normalized spacial score (nSPS) is 16.8. The van der Waals surface area contributed by atoms with E-state index in [9.17, 15) is 14.7 Å². The van der Waals surface area contributed by atoms with Crippen molar-refractivity contribution in [1.82, 2.24) is 10.2 Å². The van der Waals surface area contributed by atoms with Crippen molar-refractivity contribution in [2.24, 2.45) is 5.41 Å². The summed E-state index contributed by atoms with van der Waals surface area (Å²) in [4.78, 5) is 25.7. The van der Waals surface area contributed by atoms with E-state index in [0.29, 0.717) is 45.3 Å². The van der Waals surface area contributed by atoms with Crippen LogP contribution < -0.4 is 5.32 Å². The van der Waals surface area contributed by atoms with Crippen LogP contribution in [0.1, 0.15) is 72.5 Å². The van der Waals surface area contributed by atoms with E-state index in [1.54, 1.807) is 0 Å². The van der Waals surface area contributed by atoms with Gasteiger partial charge in [-0.05, 0) is 43.9 Å². The summed E-state index contributed by atoms with van der Waals surface area (Å²) in [6, 6.07) is 0. The Balaban J connectivity index is 2.04. The molecule has 0 radical (unpaired) electrons. The number of hydrogen-bond acceptors (Lipinski definition) is 3. The van der Waals surface area contributed by atoms with Gasteiger partial charge in [0.25, 0.3) is 0 Å². The first kappa shape index (κ1) is 19.8. The number of aliphatic hydroxyl groups is 1. The van der Waals surface area contributed by atoms with Gasteiger partial charge in [0.1, 0.15) is 0 Å². The maximum Gasteiger partial charge on any atom is 0.222 e. The van der Waals surface area contributed by atoms with E-state index in [-0.39, 0.29) is 30.7 Å². The lowest BCUT2D eigenvalue weighted by Gasteiger charge is -2.38. The number of nitrogens with zero attached hydrogens (tertiary/aromatic N) is 1. The molecule has 5 heteroatoms. The Labute approximate surface area is 153 Å². The molecule has 0 unspecified atom stereocenters. The first-order valence-corrected chi connectivity index (χ1v) is 9.45. The summed E-state index contributed by atoms with van der Waals surface area (Å²) in [5, 5.41) is 12.3. The maximum atomic E-state index is 12.2. The highest BCUT2D eigenvalue weighted by Crippen LogP contribution is 2.30. The fourth-order valence-corrected chi connectivity index (χ4v) is 2.95. The average molecular weight is 353 g/mol. The Kier molecular flexibility index (Phi) is 9.43. The Bertz CT molecular complexity index is 462. The molecule has 5 nitrogen and oxygen atoms in total. The molecule has 1 rings (SSSR count). The van der Waals surface area contributed by atoms with Crippen LogP contribution in [0.2, 0.25) is 0 Å². The van der Waals surface area contributed by atoms with E-state index >= 15 is 0 Å². The van der Waals surface area contributed by atoms with Crippen LogP contribution in [-0.4, -0.2) is 48.1 Å². The smallest absolute Gasteiger partial charge is 0.222 e. The van der Waals surface area contributed by atoms with Crippen molar-refractivity contribution in [2.45, 2.75) is 71.1 Å². The highest BCUT2D eigenvalue weighted by atomic mass is 16.3. The van der Waals surface area contributed by atoms with Gasteiger partial charge in [0.2, 0.25) is 11.8 Å². The number of amides is 2. The number of rotatable bonds is 11. The lowest BCUT2D eigenvalue weighted by molar-refractivity contribution is -0.134. The molecule has 0 aromatic carbocycles. The zero-order valence-corrected chi connectivity index (χ0v) is 15.4. The topological polar surface area (TPSA) is 69.6 Å². The van der Waals surface area contributed by atoms with Crippen LogP contribution in [0.15, 0.2) is 0 Å². The Hall–Kier alpha value is -1.54. The van der Waals surface area contributed by atoms with E-state index in [0.717, 1.165) is 38.5 Å². The highest BCUT2D eigenvalue weighted by molar-refractivity contribution is 5.76. The number of unbranched alkanes of at least 4 members (excludes halogenated alkanes) is 4. The quantitative estimate of drug-likeness (QED) is 0.443. The van der Waals surface area contributed by atoms with Gasteiger partial charge in [-0.3, -0.25) is 9.59 Å². The Morgan fingerprint density at radius 3 is 2.56 bits per heavy atom. The molecule has 0 bridgehead atoms. The molecule has 1 fully saturated rings. The molecule has 0 atom stereocenters. The number of hydrogen-bond donors (Lipinski definition) is 2. The molecule has 142 valence electrons. The number of terminal acetylenes is 1. The summed E-state index contributed by atoms with van der Waals surface area (Å²) in [5.74, 6) is 2.81. The van der Waals surface area contributed by atoms with E-state index in [2.05, 4.69) is 11.2 Å². The molecule has 1 aliphatic heterocycles. The molecule has 0 spiro atoms. The number of carbonyl (C=O) groups excluding carboxylic acids is 2. The van der Waals surface area contributed by atoms with E-state index in [4.69, 9.17) is 7.79 Å². The van der Waals surface area contributed by atoms with Gasteiger partial charge in [0, 0.05) is 46.9 Å². The fraction of sp³-hybridized carbons (Fsp3) is 0.800. The summed E-state index contributed by atoms with van der Waals surface area (Å²) < 4.78 is 7.58. The van der Waals surface area contributed by atoms with E-state index in [1.165, 1.54) is 0 Å². The van der Waals surface area contributed by atoms with Crippen LogP contribution in [0.25, 0.3) is 0 Å². The minimum absolute atomic E-state index is 0.0359. The number of aliphatic hydroxyl groups excluding tert-OH is 1. The third kappa shape index (κ3) is 8.92. The molecule has 0 aromatic heterocycles. The van der Waals surface area contributed by atoms with Gasteiger partial charge >= 0.3 is 0 Å². The monoisotopic (exact) mass is 352 g/mol. The minimum Gasteiger partial charge on any atom is -0.396 e. The standard InChI is InChI=1S/C20H34N2O3/c1-3-4-5-7-10-18(24)21-14-9-6-8-11-19(25)22-15-12-20(2,17-23)13-16-22/h1,23H,4-17H2,2H3,(H,21,24)/i2T. The summed E-state index contributed by atoms with van der Waals surface area (Å²) >= 11 is 0. The lowest BCUT2D eigenvalue weighted by atomic mass is 9.81. The van der Waals surface area contributed by atoms with Crippen molar-refractivity contribution in [3.05, 3.63) is 0 Å². The summed E-state index contributed by atoms with van der Waals surface area (Å²) in [7, 11) is 0. The predicted octanol–water partition coefficient (Wildman–Crippen LogP) is 2.48. The second-order valence-corrected chi connectivity index (χ2v) is 7.11. The minimum atomic E-state index is -0.310. The molecule has 1 aliphatic rings. The van der Waals surface area contributed by atoms with Crippen molar-refractivity contribution in [3.8, 4) is 12.3 Å². The zero-order valence-electron chi connectivity index (χ0n) is 16.4. The van der Waals surface area contributed by atoms with Crippen molar-refractivity contribution in [1.29, 1.82) is 0 Å². The lowest BCUT2D eigenvalue weighted by Crippen LogP contribution is -2.43. The molecule has 1 saturated heterocycles. The molecule has 25 heavy (non-hydrogen) atoms. The third-order valence-corrected chi connectivity index (χ3v) is 4.88. The van der Waals surface area contributed by atoms with Crippen molar-refractivity contribution in [2.75, 3.05) is 26.2 Å². The second-order valence-electron chi connectivity index (χ2n) is 7.11. The van der Waals surface area contributed by atoms with Crippen LogP contribution in [-0.2, 0) is 9.59 Å². The number of carbonyl (C=O) groups is 2. The van der Waals surface area contributed by atoms with Crippen molar-refractivity contribution < 1.29 is 16.1 Å². The van der Waals surface area contributed by atoms with Crippen LogP contribution in [0.3, 0.4) is 0 Å². The van der Waals surface area contributed by atoms with E-state index < -0.39 is 0 Å². The highest BCUT2D eigenvalue weighted by Gasteiger charge is 2.30. The Morgan fingerprint density at radius 1 is 1.20 bits per heavy atom. The first-order valence-electron chi connectivity index (χ1n) is 10.2. The van der Waals surface area contributed by atoms with Gasteiger partial charge in [-0.25, -0.2) is 0 Å². The molecule has 0 saturated carbocycles. The summed E-state index contributed by atoms with van der Waals surface area (Å²) in [6.45, 7) is 2.21. The van der Waals surface area contributed by atoms with Crippen LogP contribution in [0, 0.1) is 17.8 Å². The fourth-order valence-electron chi connectivity index (χ4n) is 2.95. The van der Waals surface area contributed by atoms with Gasteiger partial charge in [0.05, 0.1) is 0 Å². The molecular weight excluding hydrogens is 316 g/mol. The van der Waals surface area contributed by atoms with Gasteiger partial charge in [0.15, 0.2) is 0 Å². The maximum absolute atomic E-state index is 12.2. The average Bonchev–Trinajstić information content (AvgIpc) is 2.67. The zero-order chi connectivity index (χ0) is 19.3. The number of nitrogens with one attached hydrogen (secondary N) is 1. The summed E-state index contributed by atoms with van der Waals surface area (Å²) in [6.07, 6.45) is 12.7. The molecule has 2 amide bonds. The number of likely N-dealkylation sites (tertiary alicyclic amines) is 1. The second kappa shape index (κ2) is 11.9. The van der Waals surface area contributed by atoms with Crippen molar-refractivity contribution in [3.63, 3.8) is 0 Å². The van der Waals surface area contributed by atoms with Gasteiger partial charge in [-0.2, -0.15) is 0 Å². The largest absolute Gasteiger partial charge is 0.396 e. The summed E-state index contributed by atoms with van der Waals surface area (Å²) in [5.41, 5.74) is -0.310. The molecular formula is C20H34N2O3. The third-order valence-electron chi connectivity index (χ3n) is 4.88. The molecule has 0 aliphatic carbocycles. The molecule has 0 aromatic rings. The van der Waals surface area contributed by atoms with E-state index in [1.807, 2.05) is 4.90 Å². The van der Waals surface area contributed by atoms with Gasteiger partial charge < -0.3 is 15.3 Å². The van der Waals surface area contributed by atoms with Gasteiger partial charge in [-0.15, -0.1) is 12.3 Å². The SMILES string of the molecule is [3H]CC1(CO)CCN(C(=O)CCCCCNC(=O)CCCCC#C)CC1. The van der Waals surface area contributed by atoms with Gasteiger partial charge in [-0.1, -0.05) is 13.3 Å². The van der Waals surface area contributed by atoms with Crippen LogP contribution in [0.5, 0.6) is 0 Å². The predicted molar refractivity (Wildman–Crippen MR) is 99.8 cm³/mol. The first-order chi connectivity index (χ1) is 12.6. The number of piperidine rings is 1. The molecule has 2 N–H and O–H groups in total.